The first-order chi connectivity index (χ1) is 8.15. The van der Waals surface area contributed by atoms with Crippen molar-refractivity contribution in [3.05, 3.63) is 35.9 Å². The van der Waals surface area contributed by atoms with Gasteiger partial charge in [0.2, 0.25) is 0 Å². The Kier molecular flexibility index (Phi) is 4.15. The highest BCUT2D eigenvalue weighted by Crippen LogP contribution is 2.22. The van der Waals surface area contributed by atoms with E-state index in [0.29, 0.717) is 18.1 Å². The lowest BCUT2D eigenvalue weighted by molar-refractivity contribution is 0.240. The Morgan fingerprint density at radius 2 is 1.94 bits per heavy atom. The van der Waals surface area contributed by atoms with Gasteiger partial charge in [0.25, 0.3) is 0 Å². The number of nitrogens with one attached hydrogen (secondary N) is 1. The molecule has 0 amide bonds. The van der Waals surface area contributed by atoms with Crippen LogP contribution in [0.4, 0.5) is 0 Å². The fourth-order valence-corrected chi connectivity index (χ4v) is 2.39. The lowest BCUT2D eigenvalue weighted by atomic mass is 9.86. The van der Waals surface area contributed by atoms with E-state index in [-0.39, 0.29) is 0 Å². The van der Waals surface area contributed by atoms with Gasteiger partial charge in [-0.25, -0.2) is 0 Å². The van der Waals surface area contributed by atoms with Gasteiger partial charge in [0.1, 0.15) is 0 Å². The molecule has 1 atom stereocenters. The molecule has 94 valence electrons. The van der Waals surface area contributed by atoms with Crippen LogP contribution in [0.5, 0.6) is 0 Å². The van der Waals surface area contributed by atoms with Crippen molar-refractivity contribution in [2.75, 3.05) is 20.6 Å². The molecule has 0 saturated heterocycles. The van der Waals surface area contributed by atoms with Crippen LogP contribution in [-0.4, -0.2) is 37.6 Å². The lowest BCUT2D eigenvalue weighted by Gasteiger charge is -2.37. The van der Waals surface area contributed by atoms with Crippen molar-refractivity contribution in [2.24, 2.45) is 5.73 Å². The van der Waals surface area contributed by atoms with E-state index >= 15 is 0 Å². The summed E-state index contributed by atoms with van der Waals surface area (Å²) in [5, 5.41) is 3.71. The maximum Gasteiger partial charge on any atom is 0.0451 e. The first-order valence-electron chi connectivity index (χ1n) is 6.36. The van der Waals surface area contributed by atoms with Crippen LogP contribution in [0.2, 0.25) is 0 Å². The van der Waals surface area contributed by atoms with E-state index in [0.717, 1.165) is 19.4 Å². The predicted molar refractivity (Wildman–Crippen MR) is 71.9 cm³/mol. The molecule has 1 unspecified atom stereocenters. The topological polar surface area (TPSA) is 41.3 Å². The van der Waals surface area contributed by atoms with E-state index < -0.39 is 0 Å². The van der Waals surface area contributed by atoms with Crippen LogP contribution in [0.3, 0.4) is 0 Å². The molecular formula is C14H23N3. The largest absolute Gasteiger partial charge is 0.328 e. The third-order valence-corrected chi connectivity index (χ3v) is 3.36. The summed E-state index contributed by atoms with van der Waals surface area (Å²) in [5.74, 6) is 0. The molecule has 0 radical (unpaired) electrons. The summed E-state index contributed by atoms with van der Waals surface area (Å²) in [5.41, 5.74) is 7.20. The van der Waals surface area contributed by atoms with Crippen LogP contribution in [0.1, 0.15) is 24.4 Å². The Hall–Kier alpha value is -0.900. The molecule has 1 aromatic carbocycles. The molecular weight excluding hydrogens is 210 g/mol. The van der Waals surface area contributed by atoms with Crippen molar-refractivity contribution in [1.29, 1.82) is 0 Å². The standard InChI is InChI=1S/C14H23N3/c1-17(2)10-14(11-6-4-3-5-7-11)16-13-8-12(15)9-13/h3-7,12-14,16H,8-10,15H2,1-2H3. The Morgan fingerprint density at radius 1 is 1.29 bits per heavy atom. The van der Waals surface area contributed by atoms with Crippen molar-refractivity contribution in [3.8, 4) is 0 Å². The fourth-order valence-electron chi connectivity index (χ4n) is 2.39. The Bertz CT molecular complexity index is 331. The third kappa shape index (κ3) is 3.53. The van der Waals surface area contributed by atoms with E-state index in [1.165, 1.54) is 5.56 Å². The number of hydrogen-bond acceptors (Lipinski definition) is 3. The van der Waals surface area contributed by atoms with Crippen LogP contribution in [0.15, 0.2) is 30.3 Å². The van der Waals surface area contributed by atoms with Gasteiger partial charge in [-0.3, -0.25) is 0 Å². The molecule has 0 bridgehead atoms. The summed E-state index contributed by atoms with van der Waals surface area (Å²) in [7, 11) is 4.23. The summed E-state index contributed by atoms with van der Waals surface area (Å²) >= 11 is 0. The second kappa shape index (κ2) is 5.63. The predicted octanol–water partition coefficient (Wildman–Crippen LogP) is 1.37. The highest BCUT2D eigenvalue weighted by atomic mass is 15.1. The second-order valence-corrected chi connectivity index (χ2v) is 5.32. The molecule has 1 aliphatic carbocycles. The van der Waals surface area contributed by atoms with Gasteiger partial charge in [0.15, 0.2) is 0 Å². The number of likely N-dealkylation sites (N-methyl/N-ethyl adjacent to an activating group) is 1. The van der Waals surface area contributed by atoms with E-state index in [2.05, 4.69) is 54.6 Å². The molecule has 1 aliphatic rings. The molecule has 0 spiro atoms. The van der Waals surface area contributed by atoms with Gasteiger partial charge in [-0.1, -0.05) is 30.3 Å². The zero-order valence-electron chi connectivity index (χ0n) is 10.8. The first kappa shape index (κ1) is 12.6. The SMILES string of the molecule is CN(C)CC(NC1CC(N)C1)c1ccccc1. The molecule has 1 saturated carbocycles. The van der Waals surface area contributed by atoms with E-state index in [4.69, 9.17) is 5.73 Å². The van der Waals surface area contributed by atoms with Gasteiger partial charge >= 0.3 is 0 Å². The molecule has 0 aromatic heterocycles. The highest BCUT2D eigenvalue weighted by Gasteiger charge is 2.28. The molecule has 1 aromatic rings. The zero-order valence-corrected chi connectivity index (χ0v) is 10.8. The minimum atomic E-state index is 0.406. The lowest BCUT2D eigenvalue weighted by Crippen LogP contribution is -2.50. The van der Waals surface area contributed by atoms with Crippen LogP contribution >= 0.6 is 0 Å². The average molecular weight is 233 g/mol. The third-order valence-electron chi connectivity index (χ3n) is 3.36. The van der Waals surface area contributed by atoms with Crippen LogP contribution in [-0.2, 0) is 0 Å². The first-order valence-corrected chi connectivity index (χ1v) is 6.36. The van der Waals surface area contributed by atoms with Crippen molar-refractivity contribution < 1.29 is 0 Å². The number of nitrogens with two attached hydrogens (primary N) is 1. The van der Waals surface area contributed by atoms with Gasteiger partial charge < -0.3 is 16.0 Å². The van der Waals surface area contributed by atoms with Gasteiger partial charge in [0.05, 0.1) is 0 Å². The van der Waals surface area contributed by atoms with Crippen molar-refractivity contribution in [3.63, 3.8) is 0 Å². The van der Waals surface area contributed by atoms with Crippen molar-refractivity contribution in [1.82, 2.24) is 10.2 Å². The Balaban J connectivity index is 1.98. The Morgan fingerprint density at radius 3 is 2.47 bits per heavy atom. The highest BCUT2D eigenvalue weighted by molar-refractivity contribution is 5.19. The number of hydrogen-bond donors (Lipinski definition) is 2. The van der Waals surface area contributed by atoms with Gasteiger partial charge in [-0.05, 0) is 32.5 Å². The summed E-state index contributed by atoms with van der Waals surface area (Å²) in [6.07, 6.45) is 2.22. The van der Waals surface area contributed by atoms with E-state index in [1.807, 2.05) is 0 Å². The fraction of sp³-hybridized carbons (Fsp3) is 0.571. The molecule has 2 rings (SSSR count). The maximum atomic E-state index is 5.83. The van der Waals surface area contributed by atoms with Crippen molar-refractivity contribution >= 4 is 0 Å². The number of rotatable bonds is 5. The van der Waals surface area contributed by atoms with E-state index in [9.17, 15) is 0 Å². The zero-order chi connectivity index (χ0) is 12.3. The minimum Gasteiger partial charge on any atom is -0.328 e. The summed E-state index contributed by atoms with van der Waals surface area (Å²) in [4.78, 5) is 2.23. The molecule has 3 N–H and O–H groups in total. The monoisotopic (exact) mass is 233 g/mol. The van der Waals surface area contributed by atoms with Crippen LogP contribution in [0.25, 0.3) is 0 Å². The second-order valence-electron chi connectivity index (χ2n) is 5.32. The molecule has 3 heteroatoms. The quantitative estimate of drug-likeness (QED) is 0.807. The molecule has 3 nitrogen and oxygen atoms in total. The van der Waals surface area contributed by atoms with Crippen LogP contribution < -0.4 is 11.1 Å². The smallest absolute Gasteiger partial charge is 0.0451 e. The van der Waals surface area contributed by atoms with Gasteiger partial charge in [-0.2, -0.15) is 0 Å². The summed E-state index contributed by atoms with van der Waals surface area (Å²) in [6.45, 7) is 1.02. The molecule has 0 aliphatic heterocycles. The maximum absolute atomic E-state index is 5.83. The molecule has 17 heavy (non-hydrogen) atoms. The molecule has 1 fully saturated rings. The van der Waals surface area contributed by atoms with Gasteiger partial charge in [0, 0.05) is 24.7 Å². The van der Waals surface area contributed by atoms with E-state index in [1.54, 1.807) is 0 Å². The normalized spacial score (nSPS) is 25.6. The number of nitrogens with zero attached hydrogens (tertiary/aromatic N) is 1. The summed E-state index contributed by atoms with van der Waals surface area (Å²) in [6, 6.07) is 12.1. The Labute approximate surface area is 104 Å². The minimum absolute atomic E-state index is 0.406. The number of benzene rings is 1. The van der Waals surface area contributed by atoms with Gasteiger partial charge in [-0.15, -0.1) is 0 Å². The van der Waals surface area contributed by atoms with Crippen molar-refractivity contribution in [2.45, 2.75) is 31.0 Å². The summed E-state index contributed by atoms with van der Waals surface area (Å²) < 4.78 is 0. The molecule has 0 heterocycles. The van der Waals surface area contributed by atoms with Crippen LogP contribution in [0, 0.1) is 0 Å². The average Bonchev–Trinajstić information content (AvgIpc) is 2.26.